The zero-order valence-corrected chi connectivity index (χ0v) is 14.5. The fourth-order valence-corrected chi connectivity index (χ4v) is 3.07. The molecule has 8 heteroatoms. The van der Waals surface area contributed by atoms with E-state index in [1.165, 1.54) is 0 Å². The summed E-state index contributed by atoms with van der Waals surface area (Å²) in [5.74, 6) is -0.678. The average molecular weight is 371 g/mol. The third kappa shape index (κ3) is 4.59. The Bertz CT molecular complexity index is 545. The number of piperazine rings is 1. The van der Waals surface area contributed by atoms with Gasteiger partial charge in [0.2, 0.25) is 0 Å². The van der Waals surface area contributed by atoms with E-state index in [2.05, 4.69) is 5.32 Å². The van der Waals surface area contributed by atoms with Crippen LogP contribution in [0.5, 0.6) is 0 Å². The lowest BCUT2D eigenvalue weighted by molar-refractivity contribution is -0.137. The van der Waals surface area contributed by atoms with Crippen LogP contribution in [0.4, 0.5) is 17.6 Å². The summed E-state index contributed by atoms with van der Waals surface area (Å²) >= 11 is 0. The molecule has 0 aromatic heterocycles. The predicted octanol–water partition coefficient (Wildman–Crippen LogP) is 3.23. The molecule has 0 aliphatic carbocycles. The van der Waals surface area contributed by atoms with Crippen molar-refractivity contribution in [3.05, 3.63) is 35.1 Å². The molecule has 2 rings (SSSR count). The van der Waals surface area contributed by atoms with Crippen LogP contribution in [-0.2, 0) is 6.18 Å². The lowest BCUT2D eigenvalue weighted by Crippen LogP contribution is -2.49. The van der Waals surface area contributed by atoms with E-state index in [4.69, 9.17) is 0 Å². The number of aliphatic hydroxyl groups is 1. The maximum atomic E-state index is 14.3. The fraction of sp³-hybridized carbons (Fsp3) is 0.625. The van der Waals surface area contributed by atoms with Crippen LogP contribution >= 0.6 is 12.4 Å². The minimum absolute atomic E-state index is 0. The molecule has 1 aromatic rings. The Morgan fingerprint density at radius 2 is 1.79 bits per heavy atom. The van der Waals surface area contributed by atoms with Gasteiger partial charge in [-0.1, -0.05) is 13.8 Å². The summed E-state index contributed by atoms with van der Waals surface area (Å²) < 4.78 is 53.3. The van der Waals surface area contributed by atoms with Crippen LogP contribution in [0.15, 0.2) is 18.2 Å². The molecule has 1 aliphatic rings. The molecular weight excluding hydrogens is 348 g/mol. The highest BCUT2D eigenvalue weighted by molar-refractivity contribution is 5.85. The van der Waals surface area contributed by atoms with Crippen LogP contribution in [0.2, 0.25) is 0 Å². The Morgan fingerprint density at radius 3 is 2.29 bits per heavy atom. The molecule has 1 aliphatic heterocycles. The smallest absolute Gasteiger partial charge is 0.396 e. The Hall–Kier alpha value is -0.890. The predicted molar refractivity (Wildman–Crippen MR) is 86.7 cm³/mol. The van der Waals surface area contributed by atoms with Crippen molar-refractivity contribution >= 4 is 12.4 Å². The first-order valence-electron chi connectivity index (χ1n) is 7.59. The zero-order valence-electron chi connectivity index (χ0n) is 13.7. The first kappa shape index (κ1) is 21.2. The summed E-state index contributed by atoms with van der Waals surface area (Å²) in [6.07, 6.45) is -4.53. The zero-order chi connectivity index (χ0) is 17.3. The number of nitrogens with one attached hydrogen (secondary N) is 1. The molecule has 1 saturated heterocycles. The molecule has 0 amide bonds. The van der Waals surface area contributed by atoms with E-state index in [9.17, 15) is 22.7 Å². The van der Waals surface area contributed by atoms with Crippen molar-refractivity contribution in [3.8, 4) is 0 Å². The third-order valence-electron chi connectivity index (χ3n) is 4.28. The molecule has 0 unspecified atom stereocenters. The van der Waals surface area contributed by atoms with Gasteiger partial charge in [0.05, 0.1) is 5.56 Å². The molecule has 1 heterocycles. The van der Waals surface area contributed by atoms with Crippen LogP contribution in [0.3, 0.4) is 0 Å². The van der Waals surface area contributed by atoms with Gasteiger partial charge in [0, 0.05) is 49.8 Å². The number of hydrogen-bond donors (Lipinski definition) is 2. The van der Waals surface area contributed by atoms with Crippen molar-refractivity contribution in [2.45, 2.75) is 26.1 Å². The second-order valence-corrected chi connectivity index (χ2v) is 6.57. The van der Waals surface area contributed by atoms with Gasteiger partial charge in [-0.3, -0.25) is 4.90 Å². The standard InChI is InChI=1S/C16H22F4N2O.ClH/c1-15(2,10-23)14(22-7-5-21-6-8-22)12-9-11(16(18,19)20)3-4-13(12)17;/h3-4,9,14,21,23H,5-8,10H2,1-2H3;1H/t14-;/m1./s1. The highest BCUT2D eigenvalue weighted by Crippen LogP contribution is 2.41. The first-order chi connectivity index (χ1) is 10.7. The highest BCUT2D eigenvalue weighted by atomic mass is 35.5. The number of aliphatic hydroxyl groups excluding tert-OH is 1. The molecule has 24 heavy (non-hydrogen) atoms. The van der Waals surface area contributed by atoms with Crippen LogP contribution < -0.4 is 5.32 Å². The molecule has 0 bridgehead atoms. The molecule has 0 saturated carbocycles. The Labute approximate surface area is 145 Å². The Morgan fingerprint density at radius 1 is 1.21 bits per heavy atom. The minimum Gasteiger partial charge on any atom is -0.396 e. The molecule has 3 nitrogen and oxygen atoms in total. The van der Waals surface area contributed by atoms with E-state index in [0.29, 0.717) is 26.2 Å². The number of benzene rings is 1. The largest absolute Gasteiger partial charge is 0.416 e. The van der Waals surface area contributed by atoms with Gasteiger partial charge in [-0.25, -0.2) is 4.39 Å². The van der Waals surface area contributed by atoms with Gasteiger partial charge in [-0.05, 0) is 18.2 Å². The number of hydrogen-bond acceptors (Lipinski definition) is 3. The molecular formula is C16H23ClF4N2O. The Balaban J connectivity index is 0.00000288. The normalized spacial score (nSPS) is 18.1. The van der Waals surface area contributed by atoms with Gasteiger partial charge in [-0.15, -0.1) is 12.4 Å². The lowest BCUT2D eigenvalue weighted by atomic mass is 9.79. The average Bonchev–Trinajstić information content (AvgIpc) is 2.49. The van der Waals surface area contributed by atoms with Crippen molar-refractivity contribution in [1.82, 2.24) is 10.2 Å². The highest BCUT2D eigenvalue weighted by Gasteiger charge is 2.39. The molecule has 1 fully saturated rings. The third-order valence-corrected chi connectivity index (χ3v) is 4.28. The maximum Gasteiger partial charge on any atom is 0.416 e. The van der Waals surface area contributed by atoms with Crippen molar-refractivity contribution in [3.63, 3.8) is 0 Å². The van der Waals surface area contributed by atoms with Gasteiger partial charge in [0.15, 0.2) is 0 Å². The minimum atomic E-state index is -4.53. The summed E-state index contributed by atoms with van der Waals surface area (Å²) in [4.78, 5) is 1.94. The van der Waals surface area contributed by atoms with Gasteiger partial charge >= 0.3 is 6.18 Å². The van der Waals surface area contributed by atoms with Crippen molar-refractivity contribution < 1.29 is 22.7 Å². The summed E-state index contributed by atoms with van der Waals surface area (Å²) in [5.41, 5.74) is -1.66. The fourth-order valence-electron chi connectivity index (χ4n) is 3.07. The summed E-state index contributed by atoms with van der Waals surface area (Å²) in [6.45, 7) is 5.75. The monoisotopic (exact) mass is 370 g/mol. The van der Waals surface area contributed by atoms with Crippen LogP contribution in [0.1, 0.15) is 31.0 Å². The summed E-state index contributed by atoms with van der Waals surface area (Å²) in [7, 11) is 0. The number of rotatable bonds is 4. The van der Waals surface area contributed by atoms with E-state index in [-0.39, 0.29) is 24.6 Å². The van der Waals surface area contributed by atoms with E-state index >= 15 is 0 Å². The molecule has 2 N–H and O–H groups in total. The lowest BCUT2D eigenvalue weighted by Gasteiger charge is -2.43. The topological polar surface area (TPSA) is 35.5 Å². The van der Waals surface area contributed by atoms with Crippen LogP contribution in [-0.4, -0.2) is 42.8 Å². The number of nitrogens with zero attached hydrogens (tertiary/aromatic N) is 1. The van der Waals surface area contributed by atoms with Crippen molar-refractivity contribution in [1.29, 1.82) is 0 Å². The van der Waals surface area contributed by atoms with Gasteiger partial charge in [0.1, 0.15) is 5.82 Å². The van der Waals surface area contributed by atoms with E-state index in [1.807, 2.05) is 4.90 Å². The molecule has 138 valence electrons. The maximum absolute atomic E-state index is 14.3. The van der Waals surface area contributed by atoms with E-state index in [1.54, 1.807) is 13.8 Å². The van der Waals surface area contributed by atoms with E-state index in [0.717, 1.165) is 18.2 Å². The van der Waals surface area contributed by atoms with Gasteiger partial charge in [0.25, 0.3) is 0 Å². The summed E-state index contributed by atoms with van der Waals surface area (Å²) in [6, 6.07) is 1.86. The van der Waals surface area contributed by atoms with E-state index < -0.39 is 29.0 Å². The Kier molecular flexibility index (Phi) is 7.04. The first-order valence-corrected chi connectivity index (χ1v) is 7.59. The second-order valence-electron chi connectivity index (χ2n) is 6.57. The molecule has 0 spiro atoms. The van der Waals surface area contributed by atoms with Crippen LogP contribution in [0.25, 0.3) is 0 Å². The quantitative estimate of drug-likeness (QED) is 0.799. The second kappa shape index (κ2) is 7.99. The number of halogens is 5. The molecule has 1 atom stereocenters. The molecule has 1 aromatic carbocycles. The van der Waals surface area contributed by atoms with Gasteiger partial charge < -0.3 is 10.4 Å². The van der Waals surface area contributed by atoms with Crippen LogP contribution in [0, 0.1) is 11.2 Å². The van der Waals surface area contributed by atoms with Gasteiger partial charge in [-0.2, -0.15) is 13.2 Å². The number of alkyl halides is 3. The SMILES string of the molecule is CC(C)(CO)[C@@H](c1cc(C(F)(F)F)ccc1F)N1CCNCC1.Cl. The molecule has 0 radical (unpaired) electrons. The van der Waals surface area contributed by atoms with Crippen molar-refractivity contribution in [2.75, 3.05) is 32.8 Å². The summed E-state index contributed by atoms with van der Waals surface area (Å²) in [5, 5.41) is 12.9. The van der Waals surface area contributed by atoms with Crippen molar-refractivity contribution in [2.24, 2.45) is 5.41 Å².